The van der Waals surface area contributed by atoms with Gasteiger partial charge in [0.15, 0.2) is 0 Å². The quantitative estimate of drug-likeness (QED) is 0.849. The summed E-state index contributed by atoms with van der Waals surface area (Å²) in [6.45, 7) is 2.13. The second-order valence-electron chi connectivity index (χ2n) is 4.13. The molecule has 94 valence electrons. The van der Waals surface area contributed by atoms with Crippen molar-refractivity contribution < 1.29 is 18.3 Å². The molecule has 0 bridgehead atoms. The molecular formula is C11H15NO4S. The second-order valence-corrected chi connectivity index (χ2v) is 6.04. The molecule has 0 unspecified atom stereocenters. The maximum absolute atomic E-state index is 12.2. The van der Waals surface area contributed by atoms with Gasteiger partial charge in [-0.3, -0.25) is 0 Å². The van der Waals surface area contributed by atoms with Gasteiger partial charge in [0.25, 0.3) is 0 Å². The van der Waals surface area contributed by atoms with Gasteiger partial charge in [-0.15, -0.1) is 0 Å². The SMILES string of the molecule is COc1ccc(C)cc1S(=O)(=O)N1CC(O)C1. The summed E-state index contributed by atoms with van der Waals surface area (Å²) in [5.74, 6) is 0.331. The molecule has 6 heteroatoms. The highest BCUT2D eigenvalue weighted by molar-refractivity contribution is 7.89. The molecule has 1 aromatic rings. The number of ether oxygens (including phenoxy) is 1. The summed E-state index contributed by atoms with van der Waals surface area (Å²) in [5, 5.41) is 9.17. The monoisotopic (exact) mass is 257 g/mol. The number of aliphatic hydroxyl groups is 1. The first-order valence-electron chi connectivity index (χ1n) is 5.28. The molecule has 1 aromatic carbocycles. The maximum atomic E-state index is 12.2. The normalized spacial score (nSPS) is 17.8. The van der Waals surface area contributed by atoms with Gasteiger partial charge in [0.1, 0.15) is 10.6 Å². The van der Waals surface area contributed by atoms with Gasteiger partial charge in [-0.2, -0.15) is 4.31 Å². The molecule has 0 aliphatic carbocycles. The van der Waals surface area contributed by atoms with E-state index >= 15 is 0 Å². The second kappa shape index (κ2) is 4.29. The first-order valence-corrected chi connectivity index (χ1v) is 6.72. The zero-order chi connectivity index (χ0) is 12.6. The topological polar surface area (TPSA) is 66.8 Å². The van der Waals surface area contributed by atoms with E-state index in [0.29, 0.717) is 5.75 Å². The van der Waals surface area contributed by atoms with Crippen LogP contribution in [-0.4, -0.2) is 44.1 Å². The number of hydrogen-bond acceptors (Lipinski definition) is 4. The molecule has 0 saturated carbocycles. The van der Waals surface area contributed by atoms with E-state index in [1.54, 1.807) is 18.2 Å². The van der Waals surface area contributed by atoms with E-state index in [0.717, 1.165) is 5.56 Å². The van der Waals surface area contributed by atoms with Crippen LogP contribution in [0, 0.1) is 6.92 Å². The average Bonchev–Trinajstić information content (AvgIpc) is 2.24. The fourth-order valence-corrected chi connectivity index (χ4v) is 3.49. The van der Waals surface area contributed by atoms with Crippen LogP contribution < -0.4 is 4.74 Å². The Morgan fingerprint density at radius 2 is 2.06 bits per heavy atom. The van der Waals surface area contributed by atoms with Crippen LogP contribution in [0.4, 0.5) is 0 Å². The van der Waals surface area contributed by atoms with Crippen LogP contribution in [0.2, 0.25) is 0 Å². The molecule has 0 spiro atoms. The number of nitrogens with zero attached hydrogens (tertiary/aromatic N) is 1. The van der Waals surface area contributed by atoms with Crippen LogP contribution in [-0.2, 0) is 10.0 Å². The Morgan fingerprint density at radius 3 is 2.59 bits per heavy atom. The minimum atomic E-state index is -3.55. The summed E-state index contributed by atoms with van der Waals surface area (Å²) < 4.78 is 30.8. The molecule has 0 amide bonds. The van der Waals surface area contributed by atoms with E-state index in [1.165, 1.54) is 11.4 Å². The molecule has 0 aromatic heterocycles. The van der Waals surface area contributed by atoms with Crippen molar-refractivity contribution in [2.45, 2.75) is 17.9 Å². The molecule has 17 heavy (non-hydrogen) atoms. The van der Waals surface area contributed by atoms with Crippen LogP contribution in [0.1, 0.15) is 5.56 Å². The lowest BCUT2D eigenvalue weighted by molar-refractivity contribution is 0.0547. The number of aryl methyl sites for hydroxylation is 1. The summed E-state index contributed by atoms with van der Waals surface area (Å²) in [6, 6.07) is 5.01. The summed E-state index contributed by atoms with van der Waals surface area (Å²) in [7, 11) is -2.11. The Morgan fingerprint density at radius 1 is 1.41 bits per heavy atom. The first kappa shape index (κ1) is 12.3. The smallest absolute Gasteiger partial charge is 0.246 e. The van der Waals surface area contributed by atoms with Crippen molar-refractivity contribution in [2.75, 3.05) is 20.2 Å². The third-order valence-electron chi connectivity index (χ3n) is 2.77. The molecular weight excluding hydrogens is 242 g/mol. The van der Waals surface area contributed by atoms with Crippen molar-refractivity contribution >= 4 is 10.0 Å². The molecule has 1 N–H and O–H groups in total. The largest absolute Gasteiger partial charge is 0.495 e. The van der Waals surface area contributed by atoms with E-state index in [9.17, 15) is 13.5 Å². The lowest BCUT2D eigenvalue weighted by Crippen LogP contribution is -2.53. The zero-order valence-corrected chi connectivity index (χ0v) is 10.6. The number of rotatable bonds is 3. The molecule has 5 nitrogen and oxygen atoms in total. The van der Waals surface area contributed by atoms with Gasteiger partial charge >= 0.3 is 0 Å². The average molecular weight is 257 g/mol. The Labute approximate surface area is 101 Å². The van der Waals surface area contributed by atoms with Crippen molar-refractivity contribution in [1.82, 2.24) is 4.31 Å². The summed E-state index contributed by atoms with van der Waals surface area (Å²) >= 11 is 0. The van der Waals surface area contributed by atoms with Crippen LogP contribution >= 0.6 is 0 Å². The van der Waals surface area contributed by atoms with E-state index < -0.39 is 16.1 Å². The summed E-state index contributed by atoms with van der Waals surface area (Å²) in [6.07, 6.45) is -0.555. The number of benzene rings is 1. The van der Waals surface area contributed by atoms with Gasteiger partial charge in [-0.05, 0) is 24.6 Å². The van der Waals surface area contributed by atoms with Crippen LogP contribution in [0.5, 0.6) is 5.75 Å². The van der Waals surface area contributed by atoms with Crippen molar-refractivity contribution in [3.63, 3.8) is 0 Å². The lowest BCUT2D eigenvalue weighted by atomic mass is 10.2. The Hall–Kier alpha value is -1.11. The third-order valence-corrected chi connectivity index (χ3v) is 4.62. The molecule has 0 radical (unpaired) electrons. The highest BCUT2D eigenvalue weighted by Crippen LogP contribution is 2.29. The van der Waals surface area contributed by atoms with Crippen molar-refractivity contribution in [3.05, 3.63) is 23.8 Å². The van der Waals surface area contributed by atoms with E-state index in [-0.39, 0.29) is 18.0 Å². The number of aliphatic hydroxyl groups excluding tert-OH is 1. The number of methoxy groups -OCH3 is 1. The van der Waals surface area contributed by atoms with Gasteiger partial charge in [0, 0.05) is 13.1 Å². The fraction of sp³-hybridized carbons (Fsp3) is 0.455. The summed E-state index contributed by atoms with van der Waals surface area (Å²) in [4.78, 5) is 0.159. The number of β-amino-alcohol motifs (C(OH)–C–C–N with tert-alkyl or cyclic N) is 1. The zero-order valence-electron chi connectivity index (χ0n) is 9.75. The minimum absolute atomic E-state index is 0.152. The van der Waals surface area contributed by atoms with Crippen LogP contribution in [0.15, 0.2) is 23.1 Å². The highest BCUT2D eigenvalue weighted by atomic mass is 32.2. The molecule has 1 heterocycles. The Balaban J connectivity index is 2.42. The van der Waals surface area contributed by atoms with Gasteiger partial charge < -0.3 is 9.84 Å². The predicted octanol–water partition coefficient (Wildman–Crippen LogP) is 0.369. The van der Waals surface area contributed by atoms with E-state index in [2.05, 4.69) is 0 Å². The molecule has 2 rings (SSSR count). The summed E-state index contributed by atoms with van der Waals surface area (Å²) in [5.41, 5.74) is 0.852. The van der Waals surface area contributed by atoms with Crippen molar-refractivity contribution in [2.24, 2.45) is 0 Å². The van der Waals surface area contributed by atoms with Crippen molar-refractivity contribution in [1.29, 1.82) is 0 Å². The van der Waals surface area contributed by atoms with Gasteiger partial charge in [-0.25, -0.2) is 8.42 Å². The minimum Gasteiger partial charge on any atom is -0.495 e. The molecule has 0 atom stereocenters. The lowest BCUT2D eigenvalue weighted by Gasteiger charge is -2.34. The Kier molecular flexibility index (Phi) is 3.11. The van der Waals surface area contributed by atoms with Gasteiger partial charge in [0.2, 0.25) is 10.0 Å². The Bertz CT molecular complexity index is 520. The standard InChI is InChI=1S/C11H15NO4S/c1-8-3-4-10(16-2)11(5-8)17(14,15)12-6-9(13)7-12/h3-5,9,13H,6-7H2,1-2H3. The molecule has 1 fully saturated rings. The molecule has 1 aliphatic heterocycles. The number of sulfonamides is 1. The van der Waals surface area contributed by atoms with E-state index in [4.69, 9.17) is 4.74 Å². The molecule has 1 aliphatic rings. The van der Waals surface area contributed by atoms with Crippen LogP contribution in [0.25, 0.3) is 0 Å². The van der Waals surface area contributed by atoms with Crippen LogP contribution in [0.3, 0.4) is 0 Å². The first-order chi connectivity index (χ1) is 7.95. The van der Waals surface area contributed by atoms with Gasteiger partial charge in [-0.1, -0.05) is 6.07 Å². The molecule has 1 saturated heterocycles. The highest BCUT2D eigenvalue weighted by Gasteiger charge is 2.37. The fourth-order valence-electron chi connectivity index (χ4n) is 1.74. The predicted molar refractivity (Wildman–Crippen MR) is 62.5 cm³/mol. The van der Waals surface area contributed by atoms with Crippen molar-refractivity contribution in [3.8, 4) is 5.75 Å². The number of hydrogen-bond donors (Lipinski definition) is 1. The maximum Gasteiger partial charge on any atom is 0.246 e. The third kappa shape index (κ3) is 2.15. The van der Waals surface area contributed by atoms with Gasteiger partial charge in [0.05, 0.1) is 13.2 Å². The van der Waals surface area contributed by atoms with E-state index in [1.807, 2.05) is 6.92 Å².